The average Bonchev–Trinajstić information content (AvgIpc) is 2.63. The highest BCUT2D eigenvalue weighted by Gasteiger charge is 2.29. The van der Waals surface area contributed by atoms with E-state index in [-0.39, 0.29) is 28.6 Å². The van der Waals surface area contributed by atoms with E-state index in [2.05, 4.69) is 15.3 Å². The van der Waals surface area contributed by atoms with Gasteiger partial charge >= 0.3 is 6.09 Å². The first-order valence-electron chi connectivity index (χ1n) is 8.81. The molecular weight excluding hydrogens is 403 g/mol. The molecule has 28 heavy (non-hydrogen) atoms. The van der Waals surface area contributed by atoms with Gasteiger partial charge in [-0.3, -0.25) is 5.32 Å². The number of hydrogen-bond donors (Lipinski definition) is 4. The van der Waals surface area contributed by atoms with E-state index in [0.29, 0.717) is 35.2 Å². The normalized spacial score (nSPS) is 16.1. The average molecular weight is 425 g/mol. The lowest BCUT2D eigenvalue weighted by atomic mass is 9.91. The van der Waals surface area contributed by atoms with Gasteiger partial charge in [0.1, 0.15) is 5.69 Å². The molecule has 3 rings (SSSR count). The molecule has 1 amide bonds. The van der Waals surface area contributed by atoms with Gasteiger partial charge in [-0.05, 0) is 25.8 Å². The lowest BCUT2D eigenvalue weighted by molar-refractivity contribution is 0.209. The minimum Gasteiger partial charge on any atom is -0.465 e. The number of aromatic nitrogens is 2. The molecule has 0 atom stereocenters. The lowest BCUT2D eigenvalue weighted by Gasteiger charge is -2.38. The van der Waals surface area contributed by atoms with Gasteiger partial charge in [0.25, 0.3) is 0 Å². The Hall–Kier alpha value is -2.13. The molecule has 0 radical (unpaired) electrons. The molecule has 0 saturated carbocycles. The van der Waals surface area contributed by atoms with Gasteiger partial charge in [-0.1, -0.05) is 35.3 Å². The summed E-state index contributed by atoms with van der Waals surface area (Å²) in [4.78, 5) is 22.5. The number of carboxylic acid groups (broad SMARTS) is 1. The van der Waals surface area contributed by atoms with Crippen molar-refractivity contribution < 1.29 is 9.90 Å². The van der Waals surface area contributed by atoms with Crippen molar-refractivity contribution in [2.75, 3.05) is 23.3 Å². The molecule has 1 fully saturated rings. The van der Waals surface area contributed by atoms with Crippen molar-refractivity contribution >= 4 is 40.9 Å². The number of halogens is 2. The molecule has 0 bridgehead atoms. The van der Waals surface area contributed by atoms with Crippen LogP contribution in [0.4, 0.5) is 16.4 Å². The molecule has 1 aromatic carbocycles. The Bertz CT molecular complexity index is 896. The van der Waals surface area contributed by atoms with E-state index in [9.17, 15) is 9.90 Å². The molecule has 1 aliphatic heterocycles. The van der Waals surface area contributed by atoms with E-state index < -0.39 is 6.09 Å². The Labute approximate surface area is 172 Å². The zero-order valence-corrected chi connectivity index (χ0v) is 16.9. The topological polar surface area (TPSA) is 130 Å². The summed E-state index contributed by atoms with van der Waals surface area (Å²) in [6.45, 7) is 3.51. The van der Waals surface area contributed by atoms with Crippen molar-refractivity contribution in [1.82, 2.24) is 9.97 Å². The Kier molecular flexibility index (Phi) is 5.95. The zero-order chi connectivity index (χ0) is 20.5. The van der Waals surface area contributed by atoms with Gasteiger partial charge in [-0.15, -0.1) is 0 Å². The van der Waals surface area contributed by atoms with Crippen molar-refractivity contribution in [3.63, 3.8) is 0 Å². The predicted octanol–water partition coefficient (Wildman–Crippen LogP) is 3.32. The summed E-state index contributed by atoms with van der Waals surface area (Å²) in [5, 5.41) is 12.2. The number of hydrogen-bond acceptors (Lipinski definition) is 6. The fourth-order valence-corrected chi connectivity index (χ4v) is 3.53. The summed E-state index contributed by atoms with van der Waals surface area (Å²) in [6, 6.07) is 5.05. The van der Waals surface area contributed by atoms with Crippen LogP contribution in [0.3, 0.4) is 0 Å². The quantitative estimate of drug-likeness (QED) is 0.591. The maximum absolute atomic E-state index is 11.3. The van der Waals surface area contributed by atoms with E-state index in [1.807, 2.05) is 11.8 Å². The molecule has 0 unspecified atom stereocenters. The van der Waals surface area contributed by atoms with Crippen LogP contribution in [-0.2, 0) is 6.54 Å². The molecule has 1 aliphatic rings. The van der Waals surface area contributed by atoms with Crippen LogP contribution >= 0.6 is 23.2 Å². The molecule has 0 aliphatic carbocycles. The number of rotatable bonds is 4. The molecule has 8 nitrogen and oxygen atoms in total. The zero-order valence-electron chi connectivity index (χ0n) is 15.4. The minimum absolute atomic E-state index is 0.0740. The van der Waals surface area contributed by atoms with Crippen LogP contribution in [-0.4, -0.2) is 39.8 Å². The van der Waals surface area contributed by atoms with Gasteiger partial charge < -0.3 is 21.5 Å². The third-order valence-electron chi connectivity index (χ3n) is 4.78. The third kappa shape index (κ3) is 4.30. The van der Waals surface area contributed by atoms with E-state index in [1.54, 1.807) is 18.2 Å². The summed E-state index contributed by atoms with van der Waals surface area (Å²) in [5.41, 5.74) is 13.2. The Morgan fingerprint density at radius 1 is 1.32 bits per heavy atom. The van der Waals surface area contributed by atoms with Crippen molar-refractivity contribution in [1.29, 1.82) is 0 Å². The minimum atomic E-state index is -1.26. The maximum atomic E-state index is 11.3. The summed E-state index contributed by atoms with van der Waals surface area (Å²) in [7, 11) is 0. The largest absolute Gasteiger partial charge is 0.465 e. The monoisotopic (exact) mass is 424 g/mol. The molecule has 6 N–H and O–H groups in total. The lowest BCUT2D eigenvalue weighted by Crippen LogP contribution is -2.48. The second kappa shape index (κ2) is 8.08. The number of amides is 1. The highest BCUT2D eigenvalue weighted by molar-refractivity contribution is 6.43. The first kappa shape index (κ1) is 20.6. The second-order valence-corrected chi connectivity index (χ2v) is 7.85. The Morgan fingerprint density at radius 3 is 2.61 bits per heavy atom. The van der Waals surface area contributed by atoms with E-state index in [0.717, 1.165) is 12.8 Å². The third-order valence-corrected chi connectivity index (χ3v) is 5.60. The summed E-state index contributed by atoms with van der Waals surface area (Å²) < 4.78 is 0. The predicted molar refractivity (Wildman–Crippen MR) is 111 cm³/mol. The van der Waals surface area contributed by atoms with E-state index in [1.165, 1.54) is 0 Å². The Balaban J connectivity index is 2.11. The summed E-state index contributed by atoms with van der Waals surface area (Å²) >= 11 is 12.4. The SMILES string of the molecule is CC1(N)CCN(c2nc(NC(=O)O)c(-c3cccc(Cl)c3Cl)nc2CN)CC1. The molecule has 150 valence electrons. The van der Waals surface area contributed by atoms with Crippen molar-refractivity contribution in [3.8, 4) is 11.3 Å². The molecule has 2 aromatic rings. The number of nitrogens with two attached hydrogens (primary N) is 2. The Morgan fingerprint density at radius 2 is 2.00 bits per heavy atom. The number of nitrogens with zero attached hydrogens (tertiary/aromatic N) is 3. The smallest absolute Gasteiger partial charge is 0.410 e. The molecule has 10 heteroatoms. The van der Waals surface area contributed by atoms with Gasteiger partial charge in [0.15, 0.2) is 11.6 Å². The molecule has 0 spiro atoms. The van der Waals surface area contributed by atoms with Gasteiger partial charge in [-0.2, -0.15) is 0 Å². The number of nitrogens with one attached hydrogen (secondary N) is 1. The van der Waals surface area contributed by atoms with Crippen LogP contribution in [0.5, 0.6) is 0 Å². The van der Waals surface area contributed by atoms with Gasteiger partial charge in [0, 0.05) is 30.7 Å². The standard InChI is InChI=1S/C18H22Cl2N6O2/c1-18(22)5-7-26(8-6-18)16-12(9-21)23-14(15(24-16)25-17(27)28)10-3-2-4-11(19)13(10)20/h2-4H,5-9,21-22H2,1H3,(H,24,25)(H,27,28). The number of carbonyl (C=O) groups is 1. The van der Waals surface area contributed by atoms with Gasteiger partial charge in [-0.25, -0.2) is 14.8 Å². The summed E-state index contributed by atoms with van der Waals surface area (Å²) in [5.74, 6) is 0.619. The van der Waals surface area contributed by atoms with Crippen LogP contribution in [0.1, 0.15) is 25.5 Å². The van der Waals surface area contributed by atoms with E-state index in [4.69, 9.17) is 34.7 Å². The maximum Gasteiger partial charge on any atom is 0.410 e. The molecule has 2 heterocycles. The fraction of sp³-hybridized carbons (Fsp3) is 0.389. The van der Waals surface area contributed by atoms with Crippen LogP contribution in [0.2, 0.25) is 10.0 Å². The first-order chi connectivity index (χ1) is 13.2. The first-order valence-corrected chi connectivity index (χ1v) is 9.56. The second-order valence-electron chi connectivity index (χ2n) is 7.07. The van der Waals surface area contributed by atoms with Crippen molar-refractivity contribution in [2.24, 2.45) is 11.5 Å². The number of piperidine rings is 1. The highest BCUT2D eigenvalue weighted by Crippen LogP contribution is 2.37. The van der Waals surface area contributed by atoms with E-state index >= 15 is 0 Å². The number of benzene rings is 1. The van der Waals surface area contributed by atoms with Crippen molar-refractivity contribution in [2.45, 2.75) is 31.8 Å². The van der Waals surface area contributed by atoms with Crippen LogP contribution in [0, 0.1) is 0 Å². The highest BCUT2D eigenvalue weighted by atomic mass is 35.5. The van der Waals surface area contributed by atoms with Crippen LogP contribution < -0.4 is 21.7 Å². The fourth-order valence-electron chi connectivity index (χ4n) is 3.14. The molecule has 1 saturated heterocycles. The number of anilines is 2. The van der Waals surface area contributed by atoms with Gasteiger partial charge in [0.2, 0.25) is 0 Å². The summed E-state index contributed by atoms with van der Waals surface area (Å²) in [6.07, 6.45) is 0.304. The molecule has 1 aromatic heterocycles. The molecular formula is C18H22Cl2N6O2. The van der Waals surface area contributed by atoms with Crippen LogP contribution in [0.25, 0.3) is 11.3 Å². The van der Waals surface area contributed by atoms with Crippen molar-refractivity contribution in [3.05, 3.63) is 33.9 Å². The van der Waals surface area contributed by atoms with Crippen LogP contribution in [0.15, 0.2) is 18.2 Å². The van der Waals surface area contributed by atoms with Gasteiger partial charge in [0.05, 0.1) is 15.7 Å².